The van der Waals surface area contributed by atoms with Crippen molar-refractivity contribution in [3.05, 3.63) is 229 Å². The van der Waals surface area contributed by atoms with Crippen molar-refractivity contribution in [2.75, 3.05) is 0 Å². The second-order valence-electron chi connectivity index (χ2n) is 17.9. The lowest BCUT2D eigenvalue weighted by Gasteiger charge is -2.22. The van der Waals surface area contributed by atoms with Gasteiger partial charge in [-0.3, -0.25) is 0 Å². The van der Waals surface area contributed by atoms with Gasteiger partial charge >= 0.3 is 0 Å². The second-order valence-corrected chi connectivity index (χ2v) is 17.9. The van der Waals surface area contributed by atoms with Gasteiger partial charge in [-0.15, -0.1) is 0 Å². The molecule has 0 bridgehead atoms. The van der Waals surface area contributed by atoms with Gasteiger partial charge in [0, 0.05) is 49.8 Å². The summed E-state index contributed by atoms with van der Waals surface area (Å²) in [6.07, 6.45) is 1.82. The van der Waals surface area contributed by atoms with Crippen molar-refractivity contribution in [1.82, 2.24) is 19.5 Å². The van der Waals surface area contributed by atoms with Crippen LogP contribution < -0.4 is 0 Å². The summed E-state index contributed by atoms with van der Waals surface area (Å²) >= 11 is 0. The highest BCUT2D eigenvalue weighted by Gasteiger charge is 2.29. The molecular weight excluding hydrogens is 817 g/mol. The normalized spacial score (nSPS) is 13.7. The first-order valence-electron chi connectivity index (χ1n) is 23.1. The summed E-state index contributed by atoms with van der Waals surface area (Å²) in [5.74, 6) is 1.90. The molecule has 14 rings (SSSR count). The lowest BCUT2D eigenvalue weighted by molar-refractivity contribution is 0.665. The maximum atomic E-state index is 6.69. The Morgan fingerprint density at radius 3 is 1.88 bits per heavy atom. The van der Waals surface area contributed by atoms with Gasteiger partial charge < -0.3 is 8.98 Å². The molecule has 1 aliphatic carbocycles. The number of benzene rings is 10. The molecule has 0 N–H and O–H groups in total. The third-order valence-electron chi connectivity index (χ3n) is 14.1. The number of rotatable bonds is 5. The van der Waals surface area contributed by atoms with E-state index in [2.05, 4.69) is 211 Å². The largest absolute Gasteiger partial charge is 0.456 e. The van der Waals surface area contributed by atoms with Crippen molar-refractivity contribution in [2.24, 2.45) is 0 Å². The van der Waals surface area contributed by atoms with E-state index in [9.17, 15) is 0 Å². The first-order valence-corrected chi connectivity index (χ1v) is 23.1. The van der Waals surface area contributed by atoms with Crippen molar-refractivity contribution >= 4 is 65.3 Å². The molecule has 0 saturated heterocycles. The van der Waals surface area contributed by atoms with Crippen molar-refractivity contribution in [3.8, 4) is 51.0 Å². The van der Waals surface area contributed by atoms with E-state index < -0.39 is 0 Å². The Hall–Kier alpha value is -8.67. The van der Waals surface area contributed by atoms with E-state index >= 15 is 0 Å². The van der Waals surface area contributed by atoms with E-state index in [0.29, 0.717) is 17.5 Å². The molecule has 5 nitrogen and oxygen atoms in total. The summed E-state index contributed by atoms with van der Waals surface area (Å²) in [7, 11) is 0. The minimum atomic E-state index is 0.0177. The summed E-state index contributed by atoms with van der Waals surface area (Å²) in [5.41, 5.74) is 14.3. The number of aryl methyl sites for hydroxylation is 1. The molecule has 0 unspecified atom stereocenters. The molecule has 0 radical (unpaired) electrons. The monoisotopic (exact) mass is 856 g/mol. The van der Waals surface area contributed by atoms with Gasteiger partial charge in [0.2, 0.25) is 0 Å². The molecule has 1 atom stereocenters. The van der Waals surface area contributed by atoms with Crippen molar-refractivity contribution in [1.29, 1.82) is 0 Å². The number of hydrogen-bond donors (Lipinski definition) is 0. The Morgan fingerprint density at radius 1 is 0.388 bits per heavy atom. The molecule has 5 heteroatoms. The molecule has 10 aromatic carbocycles. The number of para-hydroxylation sites is 3. The van der Waals surface area contributed by atoms with Gasteiger partial charge in [-0.1, -0.05) is 146 Å². The summed E-state index contributed by atoms with van der Waals surface area (Å²) in [5, 5.41) is 9.23. The lowest BCUT2D eigenvalue weighted by atomic mass is 9.82. The van der Waals surface area contributed by atoms with Crippen LogP contribution in [0, 0.1) is 0 Å². The average molecular weight is 857 g/mol. The average Bonchev–Trinajstić information content (AvgIpc) is 3.87. The smallest absolute Gasteiger partial charge is 0.164 e. The van der Waals surface area contributed by atoms with Crippen LogP contribution in [0.5, 0.6) is 0 Å². The molecule has 3 aromatic heterocycles. The molecule has 0 saturated carbocycles. The highest BCUT2D eigenvalue weighted by molar-refractivity contribution is 6.11. The second kappa shape index (κ2) is 14.9. The van der Waals surface area contributed by atoms with E-state index in [4.69, 9.17) is 19.4 Å². The van der Waals surface area contributed by atoms with Crippen molar-refractivity contribution in [2.45, 2.75) is 18.8 Å². The first-order chi connectivity index (χ1) is 33.2. The van der Waals surface area contributed by atoms with E-state index in [1.807, 2.05) is 6.07 Å². The summed E-state index contributed by atoms with van der Waals surface area (Å²) in [6, 6.07) is 76.2. The Bertz CT molecular complexity index is 4130. The van der Waals surface area contributed by atoms with E-state index in [1.54, 1.807) is 0 Å². The quantitative estimate of drug-likeness (QED) is 0.173. The Balaban J connectivity index is 1.02. The zero-order valence-electron chi connectivity index (χ0n) is 36.4. The number of fused-ring (bicyclic) bond motifs is 11. The van der Waals surface area contributed by atoms with Crippen LogP contribution in [0.25, 0.3) is 116 Å². The van der Waals surface area contributed by atoms with Gasteiger partial charge in [-0.25, -0.2) is 15.0 Å². The standard InChI is InChI=1S/C62H40N4O/c1-2-18-45(19-3-1)66-56-24-12-10-22-49(56)53-35-44(29-31-57(53)66)61-63-60(43-27-26-38-14-4-5-15-39(38)33-43)64-62(65-61)55-36-54-50-23-11-13-25-58(50)67-59(54)37-52(55)48-30-28-42-32-40-16-6-7-17-41(40)34-51(42)47-21-9-8-20-46(47)48/h1-27,29,31-37,48H,28,30H2/t48-/m1/s1. The van der Waals surface area contributed by atoms with Gasteiger partial charge in [0.15, 0.2) is 17.5 Å². The molecule has 3 heterocycles. The molecule has 0 spiro atoms. The number of hydrogen-bond acceptors (Lipinski definition) is 4. The maximum Gasteiger partial charge on any atom is 0.164 e. The van der Waals surface area contributed by atoms with Gasteiger partial charge in [0.05, 0.1) is 11.0 Å². The van der Waals surface area contributed by atoms with Gasteiger partial charge in [0.25, 0.3) is 0 Å². The minimum absolute atomic E-state index is 0.0177. The SMILES string of the molecule is c1ccc(-n2c3ccccc3c3cc(-c4nc(-c5ccc6ccccc6c5)nc(-c5cc6c(cc5[C@@H]5CCc7cc8ccccc8cc7-c7ccccc75)oc5ccccc56)n4)ccc32)cc1. The van der Waals surface area contributed by atoms with Crippen LogP contribution in [0.2, 0.25) is 0 Å². The fourth-order valence-corrected chi connectivity index (χ4v) is 10.9. The molecular formula is C62H40N4O. The zero-order chi connectivity index (χ0) is 44.0. The van der Waals surface area contributed by atoms with Crippen LogP contribution in [0.1, 0.15) is 29.0 Å². The molecule has 0 amide bonds. The molecule has 314 valence electrons. The highest BCUT2D eigenvalue weighted by atomic mass is 16.3. The third-order valence-corrected chi connectivity index (χ3v) is 14.1. The van der Waals surface area contributed by atoms with Crippen molar-refractivity contribution in [3.63, 3.8) is 0 Å². The molecule has 67 heavy (non-hydrogen) atoms. The summed E-state index contributed by atoms with van der Waals surface area (Å²) in [4.78, 5) is 16.4. The minimum Gasteiger partial charge on any atom is -0.456 e. The van der Waals surface area contributed by atoms with Crippen LogP contribution >= 0.6 is 0 Å². The highest BCUT2D eigenvalue weighted by Crippen LogP contribution is 2.47. The van der Waals surface area contributed by atoms with Crippen LogP contribution in [-0.4, -0.2) is 19.5 Å². The molecule has 1 aliphatic rings. The summed E-state index contributed by atoms with van der Waals surface area (Å²) in [6.45, 7) is 0. The van der Waals surface area contributed by atoms with Crippen LogP contribution in [0.15, 0.2) is 217 Å². The van der Waals surface area contributed by atoms with Crippen molar-refractivity contribution < 1.29 is 4.42 Å². The number of furan rings is 1. The number of aromatic nitrogens is 4. The van der Waals surface area contributed by atoms with Crippen LogP contribution in [0.4, 0.5) is 0 Å². The fourth-order valence-electron chi connectivity index (χ4n) is 10.9. The Morgan fingerprint density at radius 2 is 1.03 bits per heavy atom. The van der Waals surface area contributed by atoms with Crippen LogP contribution in [-0.2, 0) is 6.42 Å². The fraction of sp³-hybridized carbons (Fsp3) is 0.0484. The molecule has 13 aromatic rings. The summed E-state index contributed by atoms with van der Waals surface area (Å²) < 4.78 is 9.03. The maximum absolute atomic E-state index is 6.69. The Labute approximate surface area is 386 Å². The van der Waals surface area contributed by atoms with Crippen LogP contribution in [0.3, 0.4) is 0 Å². The predicted molar refractivity (Wildman–Crippen MR) is 275 cm³/mol. The van der Waals surface area contributed by atoms with Gasteiger partial charge in [0.1, 0.15) is 11.2 Å². The van der Waals surface area contributed by atoms with Gasteiger partial charge in [-0.05, 0) is 129 Å². The first kappa shape index (κ1) is 37.7. The molecule has 0 aliphatic heterocycles. The van der Waals surface area contributed by atoms with E-state index in [0.717, 1.165) is 84.5 Å². The molecule has 0 fully saturated rings. The topological polar surface area (TPSA) is 56.7 Å². The van der Waals surface area contributed by atoms with Gasteiger partial charge in [-0.2, -0.15) is 0 Å². The zero-order valence-corrected chi connectivity index (χ0v) is 36.4. The number of nitrogens with zero attached hydrogens (tertiary/aromatic N) is 4. The lowest BCUT2D eigenvalue weighted by Crippen LogP contribution is -2.07. The predicted octanol–water partition coefficient (Wildman–Crippen LogP) is 15.9. The van der Waals surface area contributed by atoms with E-state index in [-0.39, 0.29) is 5.92 Å². The Kier molecular flexibility index (Phi) is 8.40. The third kappa shape index (κ3) is 6.12. The van der Waals surface area contributed by atoms with E-state index in [1.165, 1.54) is 43.8 Å².